The molecule has 1 heterocycles. The van der Waals surface area contributed by atoms with Crippen LogP contribution in [0.5, 0.6) is 0 Å². The van der Waals surface area contributed by atoms with E-state index in [1.165, 1.54) is 11.3 Å². The fourth-order valence-electron chi connectivity index (χ4n) is 0.595. The third-order valence-corrected chi connectivity index (χ3v) is 2.45. The quantitative estimate of drug-likeness (QED) is 0.596. The summed E-state index contributed by atoms with van der Waals surface area (Å²) in [6.45, 7) is 4.05. The summed E-state index contributed by atoms with van der Waals surface area (Å²) in [7, 11) is 0. The van der Waals surface area contributed by atoms with Crippen LogP contribution in [0.3, 0.4) is 0 Å². The lowest BCUT2D eigenvalue weighted by Crippen LogP contribution is -2.08. The summed E-state index contributed by atoms with van der Waals surface area (Å²) in [5.74, 6) is 0. The van der Waals surface area contributed by atoms with E-state index < -0.39 is 0 Å². The molecule has 4 nitrogen and oxygen atoms in total. The molecule has 64 valence electrons. The lowest BCUT2D eigenvalue weighted by molar-refractivity contribution is 0.883. The van der Waals surface area contributed by atoms with E-state index in [9.17, 15) is 0 Å². The Kier molecular flexibility index (Phi) is 3.31. The van der Waals surface area contributed by atoms with Crippen molar-refractivity contribution in [1.29, 1.82) is 5.26 Å². The number of hydrogen-bond acceptors (Lipinski definition) is 6. The Hall–Kier alpha value is -0.800. The number of aromatic nitrogens is 2. The smallest absolute Gasteiger partial charge is 0.206 e. The van der Waals surface area contributed by atoms with Crippen molar-refractivity contribution in [3.05, 3.63) is 0 Å². The Balaban J connectivity index is 2.59. The van der Waals surface area contributed by atoms with Crippen LogP contribution in [0.25, 0.3) is 0 Å². The van der Waals surface area contributed by atoms with E-state index in [4.69, 9.17) is 5.26 Å². The highest BCUT2D eigenvalue weighted by atomic mass is 32.2. The Morgan fingerprint density at radius 1 is 1.58 bits per heavy atom. The molecule has 0 spiro atoms. The van der Waals surface area contributed by atoms with Gasteiger partial charge < -0.3 is 5.32 Å². The van der Waals surface area contributed by atoms with Gasteiger partial charge in [0.25, 0.3) is 0 Å². The number of anilines is 1. The molecule has 6 heteroatoms. The Labute approximate surface area is 79.0 Å². The van der Waals surface area contributed by atoms with Gasteiger partial charge >= 0.3 is 0 Å². The lowest BCUT2D eigenvalue weighted by atomic mass is 10.4. The molecular weight excluding hydrogens is 192 g/mol. The summed E-state index contributed by atoms with van der Waals surface area (Å²) in [6, 6.07) is 0.345. The molecule has 1 rings (SSSR count). The maximum absolute atomic E-state index is 8.34. The predicted octanol–water partition coefficient (Wildman–Crippen LogP) is 1.93. The van der Waals surface area contributed by atoms with Crippen molar-refractivity contribution in [3.63, 3.8) is 0 Å². The highest BCUT2D eigenvalue weighted by Gasteiger charge is 2.04. The van der Waals surface area contributed by atoms with Crippen LogP contribution in [0.1, 0.15) is 13.8 Å². The fourth-order valence-corrected chi connectivity index (χ4v) is 1.89. The first kappa shape index (κ1) is 9.29. The lowest BCUT2D eigenvalue weighted by Gasteiger charge is -2.02. The maximum Gasteiger partial charge on any atom is 0.206 e. The van der Waals surface area contributed by atoms with Crippen molar-refractivity contribution in [1.82, 2.24) is 10.2 Å². The van der Waals surface area contributed by atoms with Gasteiger partial charge in [0.1, 0.15) is 5.40 Å². The number of rotatable bonds is 3. The largest absolute Gasteiger partial charge is 0.358 e. The number of hydrogen-bond donors (Lipinski definition) is 1. The van der Waals surface area contributed by atoms with Crippen LogP contribution in [0.4, 0.5) is 5.13 Å². The van der Waals surface area contributed by atoms with Gasteiger partial charge in [0, 0.05) is 17.8 Å². The number of thiocyanates is 1. The van der Waals surface area contributed by atoms with Gasteiger partial charge in [0.05, 0.1) is 0 Å². The van der Waals surface area contributed by atoms with Crippen molar-refractivity contribution in [3.8, 4) is 5.40 Å². The summed E-state index contributed by atoms with van der Waals surface area (Å²) in [5.41, 5.74) is 0. The number of nitrogens with one attached hydrogen (secondary N) is 1. The first-order valence-corrected chi connectivity index (χ1v) is 5.01. The monoisotopic (exact) mass is 200 g/mol. The summed E-state index contributed by atoms with van der Waals surface area (Å²) in [6.07, 6.45) is 0. The van der Waals surface area contributed by atoms with E-state index in [1.54, 1.807) is 0 Å². The maximum atomic E-state index is 8.34. The second-order valence-electron chi connectivity index (χ2n) is 2.37. The van der Waals surface area contributed by atoms with Gasteiger partial charge in [-0.15, -0.1) is 10.2 Å². The van der Waals surface area contributed by atoms with Gasteiger partial charge in [0.15, 0.2) is 4.34 Å². The van der Waals surface area contributed by atoms with Gasteiger partial charge in [-0.05, 0) is 13.8 Å². The van der Waals surface area contributed by atoms with E-state index in [0.717, 1.165) is 16.9 Å². The first-order valence-electron chi connectivity index (χ1n) is 3.38. The Morgan fingerprint density at radius 3 is 2.92 bits per heavy atom. The zero-order valence-corrected chi connectivity index (χ0v) is 8.37. The molecule has 0 aliphatic heterocycles. The van der Waals surface area contributed by atoms with Crippen LogP contribution >= 0.6 is 23.1 Å². The summed E-state index contributed by atoms with van der Waals surface area (Å²) < 4.78 is 0.681. The molecule has 0 saturated heterocycles. The number of thioether (sulfide) groups is 1. The van der Waals surface area contributed by atoms with E-state index in [1.807, 2.05) is 19.2 Å². The molecule has 1 N–H and O–H groups in total. The Bertz CT molecular complexity index is 288. The number of nitriles is 1. The van der Waals surface area contributed by atoms with Crippen molar-refractivity contribution in [2.24, 2.45) is 0 Å². The van der Waals surface area contributed by atoms with Gasteiger partial charge in [0.2, 0.25) is 5.13 Å². The van der Waals surface area contributed by atoms with E-state index in [-0.39, 0.29) is 0 Å². The molecule has 0 atom stereocenters. The van der Waals surface area contributed by atoms with Crippen molar-refractivity contribution >= 4 is 28.2 Å². The normalized spacial score (nSPS) is 9.83. The molecule has 0 amide bonds. The average molecular weight is 200 g/mol. The molecular formula is C6H8N4S2. The highest BCUT2D eigenvalue weighted by Crippen LogP contribution is 2.24. The molecule has 0 aliphatic rings. The van der Waals surface area contributed by atoms with Crippen LogP contribution < -0.4 is 5.32 Å². The first-order chi connectivity index (χ1) is 5.72. The molecule has 0 fully saturated rings. The van der Waals surface area contributed by atoms with Crippen molar-refractivity contribution in [2.45, 2.75) is 24.2 Å². The molecule has 1 aromatic heterocycles. The molecule has 0 aromatic carbocycles. The topological polar surface area (TPSA) is 61.6 Å². The van der Waals surface area contributed by atoms with Crippen LogP contribution in [-0.2, 0) is 0 Å². The van der Waals surface area contributed by atoms with Gasteiger partial charge in [-0.2, -0.15) is 5.26 Å². The SMILES string of the molecule is CC(C)Nc1nnc(SC#N)s1. The number of nitrogens with zero attached hydrogens (tertiary/aromatic N) is 3. The average Bonchev–Trinajstić information content (AvgIpc) is 2.36. The second kappa shape index (κ2) is 4.28. The van der Waals surface area contributed by atoms with Crippen molar-refractivity contribution < 1.29 is 0 Å². The van der Waals surface area contributed by atoms with Crippen molar-refractivity contribution in [2.75, 3.05) is 5.32 Å². The van der Waals surface area contributed by atoms with E-state index in [0.29, 0.717) is 10.4 Å². The molecule has 12 heavy (non-hydrogen) atoms. The molecule has 0 unspecified atom stereocenters. The van der Waals surface area contributed by atoms with E-state index >= 15 is 0 Å². The fraction of sp³-hybridized carbons (Fsp3) is 0.500. The zero-order valence-electron chi connectivity index (χ0n) is 6.74. The minimum Gasteiger partial charge on any atom is -0.358 e. The van der Waals surface area contributed by atoms with Crippen LogP contribution in [0, 0.1) is 10.7 Å². The van der Waals surface area contributed by atoms with Crippen LogP contribution in [0.15, 0.2) is 4.34 Å². The van der Waals surface area contributed by atoms with E-state index in [2.05, 4.69) is 15.5 Å². The summed E-state index contributed by atoms with van der Waals surface area (Å²) in [5, 5.41) is 21.8. The third kappa shape index (κ3) is 2.68. The second-order valence-corrected chi connectivity index (χ2v) is 4.37. The molecule has 0 aliphatic carbocycles. The van der Waals surface area contributed by atoms with Crippen LogP contribution in [-0.4, -0.2) is 16.2 Å². The minimum atomic E-state index is 0.345. The third-order valence-electron chi connectivity index (χ3n) is 0.952. The summed E-state index contributed by atoms with van der Waals surface area (Å²) >= 11 is 2.43. The molecule has 1 aromatic rings. The minimum absolute atomic E-state index is 0.345. The molecule has 0 radical (unpaired) electrons. The molecule has 0 bridgehead atoms. The van der Waals surface area contributed by atoms with Gasteiger partial charge in [-0.25, -0.2) is 0 Å². The van der Waals surface area contributed by atoms with Gasteiger partial charge in [-0.1, -0.05) is 11.3 Å². The summed E-state index contributed by atoms with van der Waals surface area (Å²) in [4.78, 5) is 0. The predicted molar refractivity (Wildman–Crippen MR) is 50.1 cm³/mol. The van der Waals surface area contributed by atoms with Crippen LogP contribution in [0.2, 0.25) is 0 Å². The molecule has 0 saturated carbocycles. The standard InChI is InChI=1S/C6H8N4S2/c1-4(2)8-5-9-10-6(12-5)11-3-7/h4H,1-2H3,(H,8,9). The Morgan fingerprint density at radius 2 is 2.33 bits per heavy atom. The van der Waals surface area contributed by atoms with Gasteiger partial charge in [-0.3, -0.25) is 0 Å². The highest BCUT2D eigenvalue weighted by molar-refractivity contribution is 8.05. The zero-order chi connectivity index (χ0) is 8.97.